The van der Waals surface area contributed by atoms with Crippen molar-refractivity contribution in [1.82, 2.24) is 10.8 Å². The molecule has 6 nitrogen and oxygen atoms in total. The van der Waals surface area contributed by atoms with Crippen molar-refractivity contribution in [3.05, 3.63) is 64.1 Å². The molecule has 0 aliphatic carbocycles. The van der Waals surface area contributed by atoms with E-state index in [1.807, 2.05) is 39.0 Å². The maximum Gasteiger partial charge on any atom is 0.319 e. The van der Waals surface area contributed by atoms with E-state index in [1.165, 1.54) is 16.9 Å². The molecule has 132 valence electrons. The molecule has 25 heavy (non-hydrogen) atoms. The number of hydrogen-bond acceptors (Lipinski definition) is 4. The Labute approximate surface area is 150 Å². The lowest BCUT2D eigenvalue weighted by Gasteiger charge is -2.14. The molecule has 1 aromatic carbocycles. The lowest BCUT2D eigenvalue weighted by molar-refractivity contribution is 0.0662. The Morgan fingerprint density at radius 1 is 1.20 bits per heavy atom. The van der Waals surface area contributed by atoms with Crippen molar-refractivity contribution in [1.29, 1.82) is 0 Å². The van der Waals surface area contributed by atoms with Crippen molar-refractivity contribution in [2.45, 2.75) is 26.8 Å². The molecule has 2 rings (SSSR count). The van der Waals surface area contributed by atoms with Crippen LogP contribution >= 0.6 is 11.3 Å². The van der Waals surface area contributed by atoms with Crippen LogP contribution in [0, 0.1) is 13.8 Å². The van der Waals surface area contributed by atoms with E-state index in [0.717, 1.165) is 22.4 Å². The van der Waals surface area contributed by atoms with E-state index < -0.39 is 0 Å². The summed E-state index contributed by atoms with van der Waals surface area (Å²) < 4.78 is 0. The molecular formula is C18H21N3O3S. The number of urea groups is 1. The topological polar surface area (TPSA) is 79.5 Å². The highest BCUT2D eigenvalue weighted by atomic mass is 32.1. The molecule has 0 aliphatic rings. The molecule has 3 N–H and O–H groups in total. The Morgan fingerprint density at radius 3 is 2.64 bits per heavy atom. The van der Waals surface area contributed by atoms with Crippen LogP contribution in [-0.4, -0.2) is 11.9 Å². The van der Waals surface area contributed by atoms with Crippen molar-refractivity contribution < 1.29 is 14.4 Å². The first kappa shape index (κ1) is 18.5. The molecule has 1 aromatic heterocycles. The molecular weight excluding hydrogens is 338 g/mol. The van der Waals surface area contributed by atoms with Crippen molar-refractivity contribution in [3.8, 4) is 0 Å². The normalized spacial score (nSPS) is 11.3. The first-order chi connectivity index (χ1) is 11.9. The summed E-state index contributed by atoms with van der Waals surface area (Å²) in [5, 5.41) is 5.67. The molecule has 0 bridgehead atoms. The second-order valence-electron chi connectivity index (χ2n) is 5.54. The zero-order chi connectivity index (χ0) is 18.4. The Kier molecular flexibility index (Phi) is 6.19. The van der Waals surface area contributed by atoms with Crippen LogP contribution in [0.3, 0.4) is 0 Å². The summed E-state index contributed by atoms with van der Waals surface area (Å²) in [7, 11) is 0. The monoisotopic (exact) mass is 359 g/mol. The van der Waals surface area contributed by atoms with Gasteiger partial charge in [-0.25, -0.2) is 4.79 Å². The third-order valence-electron chi connectivity index (χ3n) is 3.62. The maximum atomic E-state index is 12.1. The number of hydroxylamine groups is 1. The second-order valence-corrected chi connectivity index (χ2v) is 6.65. The molecule has 0 saturated carbocycles. The number of nitrogens with one attached hydrogen (secondary N) is 3. The predicted molar refractivity (Wildman–Crippen MR) is 99.6 cm³/mol. The summed E-state index contributed by atoms with van der Waals surface area (Å²) in [5.74, 6) is -0.358. The molecule has 0 radical (unpaired) electrons. The summed E-state index contributed by atoms with van der Waals surface area (Å²) >= 11 is 1.28. The SMILES string of the molecule is C=CONC(=O)c1ccc(C(C)NC(=O)Nc2ccc(C)c(C)c2)s1. The van der Waals surface area contributed by atoms with Gasteiger partial charge in [0.05, 0.1) is 10.9 Å². The number of carbonyl (C=O) groups excluding carboxylic acids is 2. The standard InChI is InChI=1S/C18H21N3O3S/c1-5-24-21-17(22)16-9-8-15(25-16)13(4)19-18(23)20-14-7-6-11(2)12(3)10-14/h5-10,13H,1H2,2-4H3,(H,21,22)(H2,19,20,23). The van der Waals surface area contributed by atoms with Gasteiger partial charge in [0.1, 0.15) is 6.26 Å². The quantitative estimate of drug-likeness (QED) is 0.538. The first-order valence-corrected chi connectivity index (χ1v) is 8.53. The maximum absolute atomic E-state index is 12.1. The van der Waals surface area contributed by atoms with Crippen molar-refractivity contribution in [2.24, 2.45) is 0 Å². The number of rotatable bonds is 6. The van der Waals surface area contributed by atoms with E-state index in [1.54, 1.807) is 12.1 Å². The van der Waals surface area contributed by atoms with E-state index in [-0.39, 0.29) is 18.0 Å². The minimum absolute atomic E-state index is 0.238. The van der Waals surface area contributed by atoms with Crippen LogP contribution in [0.1, 0.15) is 38.6 Å². The molecule has 1 unspecified atom stereocenters. The van der Waals surface area contributed by atoms with E-state index in [4.69, 9.17) is 0 Å². The highest BCUT2D eigenvalue weighted by Crippen LogP contribution is 2.23. The van der Waals surface area contributed by atoms with Gasteiger partial charge in [-0.3, -0.25) is 4.79 Å². The molecule has 0 fully saturated rings. The summed E-state index contributed by atoms with van der Waals surface area (Å²) in [6.07, 6.45) is 1.13. The van der Waals surface area contributed by atoms with E-state index in [0.29, 0.717) is 4.88 Å². The van der Waals surface area contributed by atoms with Gasteiger partial charge in [0.2, 0.25) is 0 Å². The zero-order valence-corrected chi connectivity index (χ0v) is 15.2. The number of hydrogen-bond donors (Lipinski definition) is 3. The van der Waals surface area contributed by atoms with Crippen molar-refractivity contribution >= 4 is 29.0 Å². The van der Waals surface area contributed by atoms with Gasteiger partial charge in [0, 0.05) is 10.6 Å². The minimum atomic E-state index is -0.358. The molecule has 2 aromatic rings. The highest BCUT2D eigenvalue weighted by molar-refractivity contribution is 7.14. The predicted octanol–water partition coefficient (Wildman–Crippen LogP) is 4.05. The average Bonchev–Trinajstić information content (AvgIpc) is 3.06. The van der Waals surface area contributed by atoms with Gasteiger partial charge >= 0.3 is 6.03 Å². The van der Waals surface area contributed by atoms with E-state index in [2.05, 4.69) is 27.5 Å². The van der Waals surface area contributed by atoms with Crippen molar-refractivity contribution in [3.63, 3.8) is 0 Å². The Hall–Kier alpha value is -2.80. The van der Waals surface area contributed by atoms with Gasteiger partial charge in [0.25, 0.3) is 5.91 Å². The Bertz CT molecular complexity index is 786. The third kappa shape index (κ3) is 5.09. The number of amides is 3. The van der Waals surface area contributed by atoms with Gasteiger partial charge in [-0.15, -0.1) is 11.3 Å². The molecule has 0 aliphatic heterocycles. The highest BCUT2D eigenvalue weighted by Gasteiger charge is 2.15. The fraction of sp³-hybridized carbons (Fsp3) is 0.222. The Morgan fingerprint density at radius 2 is 1.96 bits per heavy atom. The van der Waals surface area contributed by atoms with Crippen LogP contribution in [0.4, 0.5) is 10.5 Å². The van der Waals surface area contributed by atoms with Gasteiger partial charge in [0.15, 0.2) is 0 Å². The van der Waals surface area contributed by atoms with Gasteiger partial charge < -0.3 is 15.5 Å². The molecule has 0 saturated heterocycles. The van der Waals surface area contributed by atoms with Crippen LogP contribution in [-0.2, 0) is 4.84 Å². The summed E-state index contributed by atoms with van der Waals surface area (Å²) in [4.78, 5) is 29.9. The summed E-state index contributed by atoms with van der Waals surface area (Å²) in [6, 6.07) is 8.69. The van der Waals surface area contributed by atoms with E-state index in [9.17, 15) is 9.59 Å². The van der Waals surface area contributed by atoms with Gasteiger partial charge in [-0.1, -0.05) is 12.6 Å². The van der Waals surface area contributed by atoms with Crippen LogP contribution in [0.5, 0.6) is 0 Å². The second kappa shape index (κ2) is 8.34. The minimum Gasteiger partial charge on any atom is -0.388 e. The molecule has 0 spiro atoms. The molecule has 7 heteroatoms. The largest absolute Gasteiger partial charge is 0.388 e. The molecule has 1 heterocycles. The first-order valence-electron chi connectivity index (χ1n) is 7.72. The van der Waals surface area contributed by atoms with Crippen LogP contribution in [0.25, 0.3) is 0 Å². The smallest absolute Gasteiger partial charge is 0.319 e. The number of thiophene rings is 1. The van der Waals surface area contributed by atoms with Crippen LogP contribution < -0.4 is 16.1 Å². The fourth-order valence-corrected chi connectivity index (χ4v) is 3.00. The zero-order valence-electron chi connectivity index (χ0n) is 14.4. The van der Waals surface area contributed by atoms with E-state index >= 15 is 0 Å². The third-order valence-corrected chi connectivity index (χ3v) is 4.89. The lowest BCUT2D eigenvalue weighted by atomic mass is 10.1. The van der Waals surface area contributed by atoms with Crippen molar-refractivity contribution in [2.75, 3.05) is 5.32 Å². The van der Waals surface area contributed by atoms with Gasteiger partial charge in [-0.05, 0) is 56.2 Å². The fourth-order valence-electron chi connectivity index (χ4n) is 2.11. The molecule has 1 atom stereocenters. The Balaban J connectivity index is 1.94. The number of carbonyl (C=O) groups is 2. The number of benzene rings is 1. The number of anilines is 1. The number of aryl methyl sites for hydroxylation is 2. The summed E-state index contributed by atoms with van der Waals surface area (Å²) in [5.41, 5.74) is 5.26. The van der Waals surface area contributed by atoms with Crippen LogP contribution in [0.2, 0.25) is 0 Å². The van der Waals surface area contributed by atoms with Crippen LogP contribution in [0.15, 0.2) is 43.2 Å². The molecule has 3 amide bonds. The lowest BCUT2D eigenvalue weighted by Crippen LogP contribution is -2.30. The van der Waals surface area contributed by atoms with Gasteiger partial charge in [-0.2, -0.15) is 5.48 Å². The average molecular weight is 359 g/mol. The summed E-state index contributed by atoms with van der Waals surface area (Å²) in [6.45, 7) is 9.22.